The van der Waals surface area contributed by atoms with E-state index in [2.05, 4.69) is 9.97 Å². The number of H-pyrrole nitrogens is 1. The van der Waals surface area contributed by atoms with Crippen molar-refractivity contribution in [2.24, 2.45) is 10.7 Å². The van der Waals surface area contributed by atoms with Crippen LogP contribution < -0.4 is 5.73 Å². The summed E-state index contributed by atoms with van der Waals surface area (Å²) in [4.78, 5) is 24.8. The Kier molecular flexibility index (Phi) is 4.09. The molecular formula is C18H19ClN4O2. The molecule has 25 heavy (non-hydrogen) atoms. The molecule has 1 aromatic heterocycles. The summed E-state index contributed by atoms with van der Waals surface area (Å²) in [5.41, 5.74) is 6.88. The number of aliphatic imine (C=N–C) groups is 1. The fraction of sp³-hybridized carbons (Fsp3) is 0.389. The van der Waals surface area contributed by atoms with Gasteiger partial charge in [-0.2, -0.15) is 0 Å². The normalized spacial score (nSPS) is 26.7. The van der Waals surface area contributed by atoms with Gasteiger partial charge in [0.25, 0.3) is 0 Å². The van der Waals surface area contributed by atoms with Crippen LogP contribution >= 0.6 is 11.6 Å². The van der Waals surface area contributed by atoms with E-state index in [9.17, 15) is 4.79 Å². The van der Waals surface area contributed by atoms with Gasteiger partial charge in [-0.1, -0.05) is 29.8 Å². The summed E-state index contributed by atoms with van der Waals surface area (Å²) in [5, 5.41) is 0.544. The maximum absolute atomic E-state index is 13.0. The molecule has 2 bridgehead atoms. The number of ketones is 1. The van der Waals surface area contributed by atoms with Crippen molar-refractivity contribution in [2.75, 3.05) is 0 Å². The summed E-state index contributed by atoms with van der Waals surface area (Å²) < 4.78 is 5.86. The summed E-state index contributed by atoms with van der Waals surface area (Å²) in [6.07, 6.45) is 5.53. The Morgan fingerprint density at radius 2 is 2.28 bits per heavy atom. The van der Waals surface area contributed by atoms with E-state index in [0.717, 1.165) is 17.7 Å². The number of hydrogen-bond acceptors (Lipinski definition) is 5. The quantitative estimate of drug-likeness (QED) is 0.877. The van der Waals surface area contributed by atoms with E-state index >= 15 is 0 Å². The molecular weight excluding hydrogens is 340 g/mol. The van der Waals surface area contributed by atoms with Crippen molar-refractivity contribution < 1.29 is 9.53 Å². The van der Waals surface area contributed by atoms with Gasteiger partial charge in [0.2, 0.25) is 11.7 Å². The van der Waals surface area contributed by atoms with Crippen LogP contribution in [0.4, 0.5) is 0 Å². The van der Waals surface area contributed by atoms with E-state index in [1.807, 2.05) is 18.2 Å². The van der Waals surface area contributed by atoms with Gasteiger partial charge in [0, 0.05) is 23.2 Å². The van der Waals surface area contributed by atoms with Crippen LogP contribution in [-0.2, 0) is 21.5 Å². The van der Waals surface area contributed by atoms with Crippen LogP contribution in [-0.4, -0.2) is 33.8 Å². The van der Waals surface area contributed by atoms with Gasteiger partial charge in [-0.25, -0.2) is 9.98 Å². The zero-order chi connectivity index (χ0) is 17.4. The molecule has 1 saturated carbocycles. The summed E-state index contributed by atoms with van der Waals surface area (Å²) >= 11 is 6.40. The zero-order valence-corrected chi connectivity index (χ0v) is 14.4. The van der Waals surface area contributed by atoms with Crippen molar-refractivity contribution in [3.05, 3.63) is 53.1 Å². The van der Waals surface area contributed by atoms with Gasteiger partial charge in [0.05, 0.1) is 18.1 Å². The maximum Gasteiger partial charge on any atom is 0.205 e. The standard InChI is InChI=1S/C18H19ClN4O2/c19-13-5-2-1-4-12(13)18-7-3-6-15(16(18)24)25-17(23-18)14(20)8-11-9-21-10-22-11/h1-2,4-5,9-10,14-15H,3,6-8,20H2,(H,21,22)/t14-,15-,18-/m0/s1. The molecule has 130 valence electrons. The first-order valence-corrected chi connectivity index (χ1v) is 8.77. The highest BCUT2D eigenvalue weighted by molar-refractivity contribution is 6.32. The zero-order valence-electron chi connectivity index (χ0n) is 13.6. The number of nitrogens with zero attached hydrogens (tertiary/aromatic N) is 2. The molecule has 0 unspecified atom stereocenters. The Hall–Kier alpha value is -2.18. The van der Waals surface area contributed by atoms with Gasteiger partial charge >= 0.3 is 0 Å². The first kappa shape index (κ1) is 16.3. The number of Topliss-reactive ketones (excluding diaryl/α,β-unsaturated/α-hetero) is 1. The number of fused-ring (bicyclic) bond motifs is 2. The summed E-state index contributed by atoms with van der Waals surface area (Å²) in [7, 11) is 0. The Bertz CT molecular complexity index is 820. The number of nitrogens with one attached hydrogen (secondary N) is 1. The lowest BCUT2D eigenvalue weighted by atomic mass is 9.73. The minimum atomic E-state index is -0.988. The fourth-order valence-electron chi connectivity index (χ4n) is 3.66. The van der Waals surface area contributed by atoms with E-state index in [4.69, 9.17) is 27.1 Å². The smallest absolute Gasteiger partial charge is 0.205 e. The van der Waals surface area contributed by atoms with E-state index in [-0.39, 0.29) is 5.78 Å². The maximum atomic E-state index is 13.0. The highest BCUT2D eigenvalue weighted by Crippen LogP contribution is 2.44. The lowest BCUT2D eigenvalue weighted by Crippen LogP contribution is -2.54. The summed E-state index contributed by atoms with van der Waals surface area (Å²) in [6, 6.07) is 6.92. The van der Waals surface area contributed by atoms with Crippen molar-refractivity contribution in [3.8, 4) is 0 Å². The number of hydrogen-bond donors (Lipinski definition) is 2. The molecule has 0 amide bonds. The predicted molar refractivity (Wildman–Crippen MR) is 94.6 cm³/mol. The molecule has 1 aliphatic carbocycles. The van der Waals surface area contributed by atoms with Crippen molar-refractivity contribution in [2.45, 2.75) is 43.4 Å². The molecule has 4 rings (SSSR count). The molecule has 3 N–H and O–H groups in total. The number of carbonyl (C=O) groups excluding carboxylic acids is 1. The third-order valence-corrected chi connectivity index (χ3v) is 5.22. The molecule has 0 spiro atoms. The second kappa shape index (κ2) is 6.28. The monoisotopic (exact) mass is 358 g/mol. The second-order valence-electron chi connectivity index (χ2n) is 6.52. The average molecular weight is 359 g/mol. The molecule has 3 atom stereocenters. The van der Waals surface area contributed by atoms with Crippen LogP contribution in [0.25, 0.3) is 0 Å². The molecule has 1 aromatic carbocycles. The molecule has 0 radical (unpaired) electrons. The van der Waals surface area contributed by atoms with Gasteiger partial charge in [0.1, 0.15) is 0 Å². The van der Waals surface area contributed by atoms with Crippen LogP contribution in [0, 0.1) is 0 Å². The lowest BCUT2D eigenvalue weighted by Gasteiger charge is -2.42. The number of halogens is 1. The largest absolute Gasteiger partial charge is 0.468 e. The molecule has 2 aliphatic rings. The molecule has 0 saturated heterocycles. The molecule has 2 aromatic rings. The van der Waals surface area contributed by atoms with Crippen LogP contribution in [0.1, 0.15) is 30.5 Å². The van der Waals surface area contributed by atoms with Crippen molar-refractivity contribution in [1.82, 2.24) is 9.97 Å². The van der Waals surface area contributed by atoms with Crippen molar-refractivity contribution >= 4 is 23.3 Å². The lowest BCUT2D eigenvalue weighted by molar-refractivity contribution is -0.137. The molecule has 2 heterocycles. The number of aromatic amines is 1. The predicted octanol–water partition coefficient (Wildman–Crippen LogP) is 2.38. The SMILES string of the molecule is N[C@@H](Cc1c[nH]cn1)C1=N[C@]2(c3ccccc3Cl)CCC[C@H](O1)C2=O. The third kappa shape index (κ3) is 2.75. The van der Waals surface area contributed by atoms with Crippen LogP contribution in [0.15, 0.2) is 41.8 Å². The molecule has 7 heteroatoms. The van der Waals surface area contributed by atoms with Crippen molar-refractivity contribution in [1.29, 1.82) is 0 Å². The molecule has 1 fully saturated rings. The Morgan fingerprint density at radius 1 is 1.44 bits per heavy atom. The van der Waals surface area contributed by atoms with Gasteiger partial charge < -0.3 is 15.5 Å². The van der Waals surface area contributed by atoms with Crippen LogP contribution in [0.5, 0.6) is 0 Å². The van der Waals surface area contributed by atoms with Gasteiger partial charge in [0.15, 0.2) is 11.6 Å². The van der Waals surface area contributed by atoms with E-state index < -0.39 is 17.7 Å². The topological polar surface area (TPSA) is 93.4 Å². The average Bonchev–Trinajstić information content (AvgIpc) is 3.08. The molecule has 6 nitrogen and oxygen atoms in total. The van der Waals surface area contributed by atoms with Crippen molar-refractivity contribution in [3.63, 3.8) is 0 Å². The van der Waals surface area contributed by atoms with E-state index in [1.165, 1.54) is 0 Å². The number of nitrogens with two attached hydrogens (primary N) is 1. The highest BCUT2D eigenvalue weighted by atomic mass is 35.5. The summed E-state index contributed by atoms with van der Waals surface area (Å²) in [6.45, 7) is 0. The van der Waals surface area contributed by atoms with Gasteiger partial charge in [-0.3, -0.25) is 4.79 Å². The molecule has 1 aliphatic heterocycles. The first-order valence-electron chi connectivity index (χ1n) is 8.39. The van der Waals surface area contributed by atoms with Gasteiger partial charge in [-0.05, 0) is 25.3 Å². The highest BCUT2D eigenvalue weighted by Gasteiger charge is 2.52. The van der Waals surface area contributed by atoms with E-state index in [1.54, 1.807) is 18.6 Å². The van der Waals surface area contributed by atoms with Crippen LogP contribution in [0.2, 0.25) is 5.02 Å². The Labute approximate surface area is 150 Å². The Morgan fingerprint density at radius 3 is 3.04 bits per heavy atom. The van der Waals surface area contributed by atoms with E-state index in [0.29, 0.717) is 30.2 Å². The number of benzene rings is 1. The second-order valence-corrected chi connectivity index (χ2v) is 6.93. The number of carbonyl (C=O) groups is 1. The van der Waals surface area contributed by atoms with Crippen LogP contribution in [0.3, 0.4) is 0 Å². The Balaban J connectivity index is 1.75. The minimum Gasteiger partial charge on any atom is -0.468 e. The third-order valence-electron chi connectivity index (χ3n) is 4.89. The number of imidazole rings is 1. The number of aromatic nitrogens is 2. The fourth-order valence-corrected chi connectivity index (χ4v) is 3.95. The minimum absolute atomic E-state index is 0.0254. The summed E-state index contributed by atoms with van der Waals surface area (Å²) in [5.74, 6) is 0.384. The first-order chi connectivity index (χ1) is 12.1. The number of rotatable bonds is 4. The van der Waals surface area contributed by atoms with Gasteiger partial charge in [-0.15, -0.1) is 0 Å². The number of ether oxygens (including phenoxy) is 1.